The van der Waals surface area contributed by atoms with Crippen molar-refractivity contribution in [1.82, 2.24) is 0 Å². The average Bonchev–Trinajstić information content (AvgIpc) is 3.87. The third-order valence-corrected chi connectivity index (χ3v) is 15.4. The fraction of sp³-hybridized carbons (Fsp3) is 0.0571. The van der Waals surface area contributed by atoms with E-state index in [1.54, 1.807) is 0 Å². The number of para-hydroxylation sites is 1. The summed E-state index contributed by atoms with van der Waals surface area (Å²) in [4.78, 5) is 2.56. The van der Waals surface area contributed by atoms with Gasteiger partial charge >= 0.3 is 0 Å². The van der Waals surface area contributed by atoms with Crippen LogP contribution in [-0.4, -0.2) is 0 Å². The highest BCUT2D eigenvalue weighted by molar-refractivity contribution is 6.03. The second kappa shape index (κ2) is 17.0. The summed E-state index contributed by atoms with van der Waals surface area (Å²) >= 11 is 0. The molecule has 336 valence electrons. The summed E-state index contributed by atoms with van der Waals surface area (Å²) in [5.41, 5.74) is 24.9. The number of fused-ring (bicyclic) bond motifs is 6. The number of nitrogens with zero attached hydrogens (tertiary/aromatic N) is 1. The van der Waals surface area contributed by atoms with Crippen LogP contribution in [0, 0.1) is 0 Å². The van der Waals surface area contributed by atoms with Gasteiger partial charge in [0.05, 0.1) is 16.8 Å². The highest BCUT2D eigenvalue weighted by Crippen LogP contribution is 2.59. The van der Waals surface area contributed by atoms with Crippen molar-refractivity contribution in [2.45, 2.75) is 24.7 Å². The fourth-order valence-corrected chi connectivity index (χ4v) is 12.2. The molecule has 0 saturated heterocycles. The van der Waals surface area contributed by atoms with E-state index in [0.29, 0.717) is 0 Å². The maximum absolute atomic E-state index is 2.56. The molecule has 0 bridgehead atoms. The van der Waals surface area contributed by atoms with Gasteiger partial charge in [0.1, 0.15) is 0 Å². The van der Waals surface area contributed by atoms with Gasteiger partial charge in [-0.1, -0.05) is 257 Å². The van der Waals surface area contributed by atoms with E-state index < -0.39 is 5.41 Å². The van der Waals surface area contributed by atoms with Crippen molar-refractivity contribution >= 4 is 17.1 Å². The van der Waals surface area contributed by atoms with Gasteiger partial charge in [-0.15, -0.1) is 0 Å². The van der Waals surface area contributed by atoms with Crippen molar-refractivity contribution in [3.63, 3.8) is 0 Å². The Morgan fingerprint density at radius 1 is 0.268 bits per heavy atom. The predicted octanol–water partition coefficient (Wildman–Crippen LogP) is 18.5. The lowest BCUT2D eigenvalue weighted by Gasteiger charge is -2.35. The first-order chi connectivity index (χ1) is 35.0. The van der Waals surface area contributed by atoms with Crippen molar-refractivity contribution in [3.8, 4) is 66.8 Å². The van der Waals surface area contributed by atoms with Crippen LogP contribution in [0.25, 0.3) is 66.8 Å². The van der Waals surface area contributed by atoms with Crippen LogP contribution in [0.1, 0.15) is 47.2 Å². The maximum atomic E-state index is 2.56. The number of rotatable bonds is 9. The molecule has 0 aliphatic heterocycles. The van der Waals surface area contributed by atoms with Gasteiger partial charge in [-0.3, -0.25) is 0 Å². The van der Waals surface area contributed by atoms with Gasteiger partial charge < -0.3 is 4.90 Å². The number of hydrogen-bond donors (Lipinski definition) is 0. The zero-order chi connectivity index (χ0) is 47.5. The maximum Gasteiger partial charge on any atom is 0.0714 e. The Labute approximate surface area is 417 Å². The van der Waals surface area contributed by atoms with E-state index in [4.69, 9.17) is 0 Å². The smallest absolute Gasteiger partial charge is 0.0714 e. The molecule has 11 aromatic carbocycles. The van der Waals surface area contributed by atoms with E-state index >= 15 is 0 Å². The molecule has 1 nitrogen and oxygen atoms in total. The summed E-state index contributed by atoms with van der Waals surface area (Å²) in [6, 6.07) is 101. The molecule has 13 rings (SSSR count). The highest BCUT2D eigenvalue weighted by atomic mass is 15.1. The van der Waals surface area contributed by atoms with E-state index in [9.17, 15) is 0 Å². The van der Waals surface area contributed by atoms with Crippen LogP contribution < -0.4 is 4.90 Å². The molecular weight excluding hydrogens is 855 g/mol. The van der Waals surface area contributed by atoms with Crippen LogP contribution in [0.2, 0.25) is 0 Å². The zero-order valence-electron chi connectivity index (χ0n) is 39.9. The summed E-state index contributed by atoms with van der Waals surface area (Å²) < 4.78 is 0. The van der Waals surface area contributed by atoms with E-state index in [-0.39, 0.29) is 5.41 Å². The van der Waals surface area contributed by atoms with Gasteiger partial charge in [0.25, 0.3) is 0 Å². The Balaban J connectivity index is 1.13. The molecule has 0 amide bonds. The molecule has 71 heavy (non-hydrogen) atoms. The van der Waals surface area contributed by atoms with Crippen molar-refractivity contribution < 1.29 is 0 Å². The quantitative estimate of drug-likeness (QED) is 0.139. The monoisotopic (exact) mass is 905 g/mol. The lowest BCUT2D eigenvalue weighted by atomic mass is 9.67. The normalized spacial score (nSPS) is 13.4. The molecule has 1 heteroatoms. The number of anilines is 3. The van der Waals surface area contributed by atoms with Crippen LogP contribution in [0.4, 0.5) is 17.1 Å². The van der Waals surface area contributed by atoms with Gasteiger partial charge in [0.2, 0.25) is 0 Å². The standard InChI is InChI=1S/C70H51N/c1-69(2)62-38-20-17-35-58(62)61-46-50(42-45-63(61)69)55-33-19-22-40-66(55)71(67-41-23-37-56(49-26-9-4-10-27-49)68(67)60-36-16-15-32-54(60)48-24-7-3-8-25-48)53-43-44-59-57-34-18-21-39-64(57)70(65(59)47-53,51-28-11-5-12-29-51)52-30-13-6-14-31-52/h3-47H,1-2H3. The van der Waals surface area contributed by atoms with Gasteiger partial charge in [0.15, 0.2) is 0 Å². The molecule has 2 aliphatic carbocycles. The third kappa shape index (κ3) is 6.68. The van der Waals surface area contributed by atoms with Crippen molar-refractivity contribution in [3.05, 3.63) is 306 Å². The van der Waals surface area contributed by atoms with Gasteiger partial charge in [-0.2, -0.15) is 0 Å². The minimum atomic E-state index is -0.579. The number of benzene rings is 11. The van der Waals surface area contributed by atoms with Crippen LogP contribution in [-0.2, 0) is 10.8 Å². The van der Waals surface area contributed by atoms with Crippen molar-refractivity contribution in [2.75, 3.05) is 4.90 Å². The van der Waals surface area contributed by atoms with Crippen LogP contribution in [0.5, 0.6) is 0 Å². The minimum absolute atomic E-state index is 0.0963. The molecule has 0 spiro atoms. The SMILES string of the molecule is CC1(C)c2ccccc2-c2cc(-c3ccccc3N(c3ccc4c(c3)C(c3ccccc3)(c3ccccc3)c3ccccc3-4)c3cccc(-c4ccccc4)c3-c3ccccc3-c3ccccc3)ccc21. The Kier molecular flexibility index (Phi) is 10.1. The molecule has 11 aromatic rings. The van der Waals surface area contributed by atoms with E-state index in [0.717, 1.165) is 28.2 Å². The average molecular weight is 906 g/mol. The van der Waals surface area contributed by atoms with Gasteiger partial charge in [-0.25, -0.2) is 0 Å². The molecule has 0 heterocycles. The Hall–Kier alpha value is -8.78. The fourth-order valence-electron chi connectivity index (χ4n) is 12.2. The lowest BCUT2D eigenvalue weighted by Crippen LogP contribution is -2.28. The molecule has 0 aromatic heterocycles. The lowest BCUT2D eigenvalue weighted by molar-refractivity contribution is 0.660. The summed E-state index contributed by atoms with van der Waals surface area (Å²) in [6.07, 6.45) is 0. The second-order valence-electron chi connectivity index (χ2n) is 19.5. The Bertz CT molecular complexity index is 3740. The first-order valence-electron chi connectivity index (χ1n) is 24.8. The zero-order valence-corrected chi connectivity index (χ0v) is 39.9. The number of hydrogen-bond acceptors (Lipinski definition) is 1. The van der Waals surface area contributed by atoms with Gasteiger partial charge in [-0.05, 0) is 119 Å². The molecule has 0 radical (unpaired) electrons. The third-order valence-electron chi connectivity index (χ3n) is 15.4. The molecule has 0 atom stereocenters. The largest absolute Gasteiger partial charge is 0.309 e. The Morgan fingerprint density at radius 2 is 0.732 bits per heavy atom. The summed E-state index contributed by atoms with van der Waals surface area (Å²) in [5.74, 6) is 0. The topological polar surface area (TPSA) is 3.24 Å². The van der Waals surface area contributed by atoms with Crippen LogP contribution in [0.15, 0.2) is 273 Å². The van der Waals surface area contributed by atoms with Gasteiger partial charge in [0, 0.05) is 22.2 Å². The summed E-state index contributed by atoms with van der Waals surface area (Å²) in [6.45, 7) is 4.72. The second-order valence-corrected chi connectivity index (χ2v) is 19.5. The molecule has 2 aliphatic rings. The first-order valence-corrected chi connectivity index (χ1v) is 24.8. The summed E-state index contributed by atoms with van der Waals surface area (Å²) in [7, 11) is 0. The van der Waals surface area contributed by atoms with E-state index in [1.807, 2.05) is 0 Å². The molecule has 0 N–H and O–H groups in total. The molecule has 0 unspecified atom stereocenters. The first kappa shape index (κ1) is 42.3. The van der Waals surface area contributed by atoms with E-state index in [2.05, 4.69) is 292 Å². The van der Waals surface area contributed by atoms with E-state index in [1.165, 1.54) is 89.0 Å². The molecular formula is C70H51N. The molecule has 0 saturated carbocycles. The minimum Gasteiger partial charge on any atom is -0.309 e. The van der Waals surface area contributed by atoms with Crippen molar-refractivity contribution in [2.24, 2.45) is 0 Å². The highest BCUT2D eigenvalue weighted by Gasteiger charge is 2.46. The predicted molar refractivity (Wildman–Crippen MR) is 298 cm³/mol. The summed E-state index contributed by atoms with van der Waals surface area (Å²) in [5, 5.41) is 0. The van der Waals surface area contributed by atoms with Crippen LogP contribution in [0.3, 0.4) is 0 Å². The Morgan fingerprint density at radius 3 is 1.39 bits per heavy atom. The van der Waals surface area contributed by atoms with Crippen LogP contribution >= 0.6 is 0 Å². The van der Waals surface area contributed by atoms with Crippen molar-refractivity contribution in [1.29, 1.82) is 0 Å². The molecule has 0 fully saturated rings.